The molecule has 2 rings (SSSR count). The lowest BCUT2D eigenvalue weighted by molar-refractivity contribution is 0.411. The molecule has 1 aliphatic carbocycles. The van der Waals surface area contributed by atoms with E-state index in [4.69, 9.17) is 4.74 Å². The van der Waals surface area contributed by atoms with Crippen molar-refractivity contribution in [3.63, 3.8) is 0 Å². The average Bonchev–Trinajstić information content (AvgIpc) is 2.36. The van der Waals surface area contributed by atoms with Crippen molar-refractivity contribution in [1.82, 2.24) is 0 Å². The van der Waals surface area contributed by atoms with Crippen LogP contribution < -0.4 is 4.74 Å². The summed E-state index contributed by atoms with van der Waals surface area (Å²) >= 11 is 2.48. The average molecular weight is 328 g/mol. The minimum absolute atomic E-state index is 0.632. The van der Waals surface area contributed by atoms with Gasteiger partial charge in [-0.2, -0.15) is 0 Å². The highest BCUT2D eigenvalue weighted by atomic mass is 127. The summed E-state index contributed by atoms with van der Waals surface area (Å²) in [6.45, 7) is 3.96. The summed E-state index contributed by atoms with van der Waals surface area (Å²) in [5, 5.41) is 0. The molecule has 0 aromatic heterocycles. The fourth-order valence-electron chi connectivity index (χ4n) is 2.52. The van der Waals surface area contributed by atoms with E-state index >= 15 is 0 Å². The number of hydrogen-bond donors (Lipinski definition) is 0. The van der Waals surface area contributed by atoms with Crippen LogP contribution >= 0.6 is 22.6 Å². The predicted octanol–water partition coefficient (Wildman–Crippen LogP) is 3.96. The number of halogens is 1. The number of benzene rings is 1. The van der Waals surface area contributed by atoms with Gasteiger partial charge in [-0.25, -0.2) is 0 Å². The Morgan fingerprint density at radius 2 is 2.38 bits per heavy atom. The zero-order chi connectivity index (χ0) is 11.5. The van der Waals surface area contributed by atoms with Gasteiger partial charge >= 0.3 is 0 Å². The van der Waals surface area contributed by atoms with Gasteiger partial charge in [-0.3, -0.25) is 0 Å². The Morgan fingerprint density at radius 3 is 3.00 bits per heavy atom. The van der Waals surface area contributed by atoms with Gasteiger partial charge < -0.3 is 4.74 Å². The van der Waals surface area contributed by atoms with Crippen LogP contribution in [0.25, 0.3) is 0 Å². The standard InChI is InChI=1S/C14H17IO/c1-3-10-4-5-11-8-12(16-2)6-7-13(11)14(10)9-15/h3,6-8,10,14H,1,4-5,9H2,2H3/t10-,14+/m0/s1. The Kier molecular flexibility index (Phi) is 3.90. The summed E-state index contributed by atoms with van der Waals surface area (Å²) in [6.07, 6.45) is 4.49. The second kappa shape index (κ2) is 5.21. The number of alkyl halides is 1. The molecule has 0 fully saturated rings. The maximum Gasteiger partial charge on any atom is 0.119 e. The largest absolute Gasteiger partial charge is 0.497 e. The monoisotopic (exact) mass is 328 g/mol. The Morgan fingerprint density at radius 1 is 1.56 bits per heavy atom. The van der Waals surface area contributed by atoms with Gasteiger partial charge in [0, 0.05) is 4.43 Å². The SMILES string of the molecule is C=C[C@H]1CCc2cc(OC)ccc2[C@@H]1CI. The van der Waals surface area contributed by atoms with Crippen molar-refractivity contribution in [2.24, 2.45) is 5.92 Å². The molecule has 0 N–H and O–H groups in total. The van der Waals surface area contributed by atoms with E-state index in [1.54, 1.807) is 7.11 Å². The number of methoxy groups -OCH3 is 1. The van der Waals surface area contributed by atoms with Crippen LogP contribution in [0.1, 0.15) is 23.5 Å². The second-order valence-corrected chi connectivity index (χ2v) is 5.14. The Bertz CT molecular complexity index is 386. The predicted molar refractivity (Wildman–Crippen MR) is 76.6 cm³/mol. The number of rotatable bonds is 3. The molecule has 0 aliphatic heterocycles. The van der Waals surface area contributed by atoms with Crippen LogP contribution in [-0.4, -0.2) is 11.5 Å². The third-order valence-electron chi connectivity index (χ3n) is 3.48. The second-order valence-electron chi connectivity index (χ2n) is 4.26. The van der Waals surface area contributed by atoms with Crippen LogP contribution in [0.2, 0.25) is 0 Å². The number of ether oxygens (including phenoxy) is 1. The zero-order valence-corrected chi connectivity index (χ0v) is 11.7. The third kappa shape index (κ3) is 2.12. The summed E-state index contributed by atoms with van der Waals surface area (Å²) in [5.41, 5.74) is 2.95. The van der Waals surface area contributed by atoms with E-state index in [1.807, 2.05) is 0 Å². The molecular formula is C14H17IO. The van der Waals surface area contributed by atoms with Gasteiger partial charge in [-0.15, -0.1) is 6.58 Å². The van der Waals surface area contributed by atoms with Gasteiger partial charge in [0.15, 0.2) is 0 Å². The first-order chi connectivity index (χ1) is 7.80. The van der Waals surface area contributed by atoms with Crippen molar-refractivity contribution < 1.29 is 4.74 Å². The molecule has 2 heteroatoms. The number of hydrogen-bond acceptors (Lipinski definition) is 1. The molecule has 1 aliphatic rings. The number of aryl methyl sites for hydroxylation is 1. The smallest absolute Gasteiger partial charge is 0.119 e. The molecular weight excluding hydrogens is 311 g/mol. The zero-order valence-electron chi connectivity index (χ0n) is 9.58. The van der Waals surface area contributed by atoms with E-state index in [0.717, 1.165) is 16.6 Å². The van der Waals surface area contributed by atoms with Crippen LogP contribution in [0.15, 0.2) is 30.9 Å². The Hall–Kier alpha value is -0.510. The number of fused-ring (bicyclic) bond motifs is 1. The fourth-order valence-corrected chi connectivity index (χ4v) is 3.65. The quantitative estimate of drug-likeness (QED) is 0.464. The lowest BCUT2D eigenvalue weighted by Crippen LogP contribution is -2.20. The van der Waals surface area contributed by atoms with Crippen molar-refractivity contribution in [3.8, 4) is 5.75 Å². The molecule has 1 aromatic rings. The van der Waals surface area contributed by atoms with Gasteiger partial charge in [-0.05, 0) is 47.9 Å². The van der Waals surface area contributed by atoms with E-state index < -0.39 is 0 Å². The van der Waals surface area contributed by atoms with Gasteiger partial charge in [0.25, 0.3) is 0 Å². The minimum Gasteiger partial charge on any atom is -0.497 e. The lowest BCUT2D eigenvalue weighted by Gasteiger charge is -2.30. The summed E-state index contributed by atoms with van der Waals surface area (Å²) in [5.74, 6) is 2.24. The Balaban J connectivity index is 2.38. The van der Waals surface area contributed by atoms with Crippen LogP contribution in [0.3, 0.4) is 0 Å². The maximum absolute atomic E-state index is 5.28. The molecule has 0 unspecified atom stereocenters. The molecule has 0 spiro atoms. The van der Waals surface area contributed by atoms with Crippen LogP contribution in [-0.2, 0) is 6.42 Å². The summed E-state index contributed by atoms with van der Waals surface area (Å²) in [4.78, 5) is 0. The van der Waals surface area contributed by atoms with Crippen LogP contribution in [0, 0.1) is 5.92 Å². The van der Waals surface area contributed by atoms with Gasteiger partial charge in [-0.1, -0.05) is 34.7 Å². The molecule has 1 aromatic carbocycles. The van der Waals surface area contributed by atoms with E-state index in [0.29, 0.717) is 11.8 Å². The summed E-state index contributed by atoms with van der Waals surface area (Å²) in [7, 11) is 1.73. The van der Waals surface area contributed by atoms with Crippen LogP contribution in [0.4, 0.5) is 0 Å². The molecule has 0 bridgehead atoms. The summed E-state index contributed by atoms with van der Waals surface area (Å²) in [6, 6.07) is 6.49. The fraction of sp³-hybridized carbons (Fsp3) is 0.429. The molecule has 16 heavy (non-hydrogen) atoms. The summed E-state index contributed by atoms with van der Waals surface area (Å²) < 4.78 is 6.44. The van der Waals surface area contributed by atoms with Crippen molar-refractivity contribution in [1.29, 1.82) is 0 Å². The molecule has 0 radical (unpaired) electrons. The van der Waals surface area contributed by atoms with E-state index in [9.17, 15) is 0 Å². The molecule has 1 nitrogen and oxygen atoms in total. The molecule has 0 saturated carbocycles. The lowest BCUT2D eigenvalue weighted by atomic mass is 9.76. The van der Waals surface area contributed by atoms with E-state index in [2.05, 4.69) is 53.4 Å². The van der Waals surface area contributed by atoms with Crippen molar-refractivity contribution >= 4 is 22.6 Å². The topological polar surface area (TPSA) is 9.23 Å². The van der Waals surface area contributed by atoms with Crippen LogP contribution in [0.5, 0.6) is 5.75 Å². The van der Waals surface area contributed by atoms with E-state index in [1.165, 1.54) is 17.5 Å². The molecule has 0 saturated heterocycles. The van der Waals surface area contributed by atoms with Gasteiger partial charge in [0.2, 0.25) is 0 Å². The molecule has 0 heterocycles. The first-order valence-corrected chi connectivity index (χ1v) is 7.18. The van der Waals surface area contributed by atoms with Crippen molar-refractivity contribution in [2.45, 2.75) is 18.8 Å². The molecule has 2 atom stereocenters. The molecule has 0 amide bonds. The van der Waals surface area contributed by atoms with Crippen molar-refractivity contribution in [3.05, 3.63) is 42.0 Å². The Labute approximate surface area is 111 Å². The number of allylic oxidation sites excluding steroid dienone is 1. The normalized spacial score (nSPS) is 23.6. The van der Waals surface area contributed by atoms with Gasteiger partial charge in [0.1, 0.15) is 5.75 Å². The first kappa shape index (κ1) is 12.0. The highest BCUT2D eigenvalue weighted by Crippen LogP contribution is 2.39. The molecule has 86 valence electrons. The highest BCUT2D eigenvalue weighted by molar-refractivity contribution is 14.1. The van der Waals surface area contributed by atoms with Crippen molar-refractivity contribution in [2.75, 3.05) is 11.5 Å². The maximum atomic E-state index is 5.28. The van der Waals surface area contributed by atoms with Gasteiger partial charge in [0.05, 0.1) is 7.11 Å². The highest BCUT2D eigenvalue weighted by Gasteiger charge is 2.26. The minimum atomic E-state index is 0.632. The van der Waals surface area contributed by atoms with E-state index in [-0.39, 0.29) is 0 Å². The third-order valence-corrected chi connectivity index (χ3v) is 4.43. The first-order valence-electron chi connectivity index (χ1n) is 5.65.